The Bertz CT molecular complexity index is 1100. The molecule has 0 radical (unpaired) electrons. The van der Waals surface area contributed by atoms with Gasteiger partial charge in [-0.15, -0.1) is 0 Å². The fraction of sp³-hybridized carbons (Fsp3) is 0.652. The minimum absolute atomic E-state index is 0.0541. The predicted molar refractivity (Wildman–Crippen MR) is 126 cm³/mol. The molecule has 196 valence electrons. The molecule has 35 heavy (non-hydrogen) atoms. The Labute approximate surface area is 205 Å². The average Bonchev–Trinajstić information content (AvgIpc) is 3.29. The van der Waals surface area contributed by atoms with Crippen molar-refractivity contribution in [2.24, 2.45) is 0 Å². The van der Waals surface area contributed by atoms with Crippen LogP contribution in [0.3, 0.4) is 0 Å². The number of allylic oxidation sites excluding steroid dienone is 2. The van der Waals surface area contributed by atoms with E-state index in [-0.39, 0.29) is 24.6 Å². The third kappa shape index (κ3) is 6.89. The van der Waals surface area contributed by atoms with Gasteiger partial charge in [0.05, 0.1) is 30.4 Å². The maximum atomic E-state index is 14.8. The summed E-state index contributed by atoms with van der Waals surface area (Å²) in [5.41, 5.74) is 0.770. The Morgan fingerprint density at radius 2 is 2.03 bits per heavy atom. The first-order valence-corrected chi connectivity index (χ1v) is 13.4. The summed E-state index contributed by atoms with van der Waals surface area (Å²) in [5.74, 6) is -1.09. The summed E-state index contributed by atoms with van der Waals surface area (Å²) in [6, 6.07) is -0.858. The van der Waals surface area contributed by atoms with Crippen LogP contribution >= 0.6 is 0 Å². The number of nitrogens with zero attached hydrogens (tertiary/aromatic N) is 3. The average molecular weight is 517 g/mol. The van der Waals surface area contributed by atoms with Gasteiger partial charge in [-0.3, -0.25) is 4.90 Å². The summed E-state index contributed by atoms with van der Waals surface area (Å²) >= 11 is 0. The highest BCUT2D eigenvalue weighted by Gasteiger charge is 2.40. The molecule has 2 aliphatic heterocycles. The molecule has 3 heterocycles. The van der Waals surface area contributed by atoms with Gasteiger partial charge >= 0.3 is 6.09 Å². The van der Waals surface area contributed by atoms with E-state index < -0.39 is 45.5 Å². The molecule has 1 aromatic rings. The second kappa shape index (κ2) is 10.4. The molecule has 1 fully saturated rings. The molecule has 0 aliphatic carbocycles. The van der Waals surface area contributed by atoms with Gasteiger partial charge in [0.25, 0.3) is 10.0 Å². The Morgan fingerprint density at radius 1 is 1.34 bits per heavy atom. The molecule has 0 spiro atoms. The zero-order chi connectivity index (χ0) is 26.1. The standard InChI is InChI=1S/C23H34F2N4O5S/c1-7-18(25)17(8-14(2)24)21-19(26-22(30)34-23(3,4)5)9-16(13-33-21)28-10-15-11-29(35(6,31)32)27-20(15)12-28/h8,11,16,19,21H,7,9-10,12-13H2,1-6H3,(H,26,30). The van der Waals surface area contributed by atoms with E-state index >= 15 is 0 Å². The first-order chi connectivity index (χ1) is 16.2. The summed E-state index contributed by atoms with van der Waals surface area (Å²) in [7, 11) is -3.47. The number of nitrogens with one attached hydrogen (secondary N) is 1. The summed E-state index contributed by atoms with van der Waals surface area (Å²) in [5, 5.41) is 6.97. The van der Waals surface area contributed by atoms with E-state index in [0.29, 0.717) is 25.2 Å². The van der Waals surface area contributed by atoms with Crippen molar-refractivity contribution in [2.75, 3.05) is 12.9 Å². The molecule has 0 aromatic carbocycles. The molecular formula is C23H34F2N4O5S. The number of hydrogen-bond acceptors (Lipinski definition) is 7. The number of alkyl carbamates (subject to hydrolysis) is 1. The first kappa shape index (κ1) is 27.3. The molecule has 9 nitrogen and oxygen atoms in total. The summed E-state index contributed by atoms with van der Waals surface area (Å²) in [6.07, 6.45) is 2.56. The molecule has 3 unspecified atom stereocenters. The van der Waals surface area contributed by atoms with E-state index in [0.717, 1.165) is 22.0 Å². The second-order valence-electron chi connectivity index (χ2n) is 9.98. The van der Waals surface area contributed by atoms with Gasteiger partial charge in [-0.2, -0.15) is 9.19 Å². The lowest BCUT2D eigenvalue weighted by molar-refractivity contribution is -0.0436. The maximum Gasteiger partial charge on any atom is 0.407 e. The van der Waals surface area contributed by atoms with Gasteiger partial charge in [0.1, 0.15) is 17.5 Å². The van der Waals surface area contributed by atoms with Crippen LogP contribution in [0, 0.1) is 0 Å². The van der Waals surface area contributed by atoms with Crippen molar-refractivity contribution in [3.05, 3.63) is 40.8 Å². The van der Waals surface area contributed by atoms with E-state index in [2.05, 4.69) is 15.3 Å². The number of carbonyl (C=O) groups excluding carboxylic acids is 1. The van der Waals surface area contributed by atoms with E-state index in [1.165, 1.54) is 13.1 Å². The highest BCUT2D eigenvalue weighted by molar-refractivity contribution is 7.89. The number of rotatable bonds is 6. The molecule has 3 atom stereocenters. The molecule has 1 saturated heterocycles. The van der Waals surface area contributed by atoms with Crippen LogP contribution in [0.1, 0.15) is 58.7 Å². The van der Waals surface area contributed by atoms with Gasteiger partial charge in [0.2, 0.25) is 0 Å². The SMILES string of the molecule is CCC(F)=C(C=C(C)F)C1OCC(N2Cc3cn(S(C)(=O)=O)nc3C2)CC1NC(=O)OC(C)(C)C. The van der Waals surface area contributed by atoms with E-state index in [4.69, 9.17) is 9.47 Å². The maximum absolute atomic E-state index is 14.8. The van der Waals surface area contributed by atoms with Crippen LogP contribution in [0.4, 0.5) is 13.6 Å². The number of halogens is 2. The van der Waals surface area contributed by atoms with Crippen molar-refractivity contribution in [3.63, 3.8) is 0 Å². The van der Waals surface area contributed by atoms with E-state index in [1.807, 2.05) is 0 Å². The third-order valence-corrected chi connectivity index (χ3v) is 6.65. The van der Waals surface area contributed by atoms with Crippen molar-refractivity contribution >= 4 is 16.1 Å². The minimum Gasteiger partial charge on any atom is -0.444 e. The fourth-order valence-corrected chi connectivity index (χ4v) is 4.85. The van der Waals surface area contributed by atoms with Crippen molar-refractivity contribution in [2.45, 2.75) is 84.3 Å². The first-order valence-electron chi connectivity index (χ1n) is 11.5. The Morgan fingerprint density at radius 3 is 2.57 bits per heavy atom. The smallest absolute Gasteiger partial charge is 0.407 e. The Hall–Kier alpha value is -2.31. The predicted octanol–water partition coefficient (Wildman–Crippen LogP) is 3.56. The van der Waals surface area contributed by atoms with Crippen LogP contribution in [-0.4, -0.2) is 65.2 Å². The van der Waals surface area contributed by atoms with Crippen molar-refractivity contribution in [1.29, 1.82) is 0 Å². The number of fused-ring (bicyclic) bond motifs is 1. The zero-order valence-electron chi connectivity index (χ0n) is 21.0. The Balaban J connectivity index is 1.82. The summed E-state index contributed by atoms with van der Waals surface area (Å²) in [6.45, 7) is 9.13. The summed E-state index contributed by atoms with van der Waals surface area (Å²) < 4.78 is 64.5. The molecule has 12 heteroatoms. The van der Waals surface area contributed by atoms with Gasteiger partial charge < -0.3 is 14.8 Å². The highest BCUT2D eigenvalue weighted by atomic mass is 32.2. The van der Waals surface area contributed by atoms with Crippen LogP contribution in [0.2, 0.25) is 0 Å². The van der Waals surface area contributed by atoms with E-state index in [1.54, 1.807) is 27.7 Å². The van der Waals surface area contributed by atoms with Crippen LogP contribution in [0.5, 0.6) is 0 Å². The van der Waals surface area contributed by atoms with Crippen LogP contribution in [-0.2, 0) is 32.6 Å². The Kier molecular flexibility index (Phi) is 8.07. The monoisotopic (exact) mass is 516 g/mol. The van der Waals surface area contributed by atoms with Crippen molar-refractivity contribution < 1.29 is 31.5 Å². The number of amides is 1. The lowest BCUT2D eigenvalue weighted by Gasteiger charge is -2.41. The van der Waals surface area contributed by atoms with Gasteiger partial charge in [0.15, 0.2) is 0 Å². The normalized spacial score (nSPS) is 24.7. The number of ether oxygens (including phenoxy) is 2. The second-order valence-corrected chi connectivity index (χ2v) is 11.8. The topological polar surface area (TPSA) is 103 Å². The third-order valence-electron chi connectivity index (χ3n) is 5.79. The van der Waals surface area contributed by atoms with Gasteiger partial charge in [-0.25, -0.2) is 22.0 Å². The largest absolute Gasteiger partial charge is 0.444 e. The van der Waals surface area contributed by atoms with Gasteiger partial charge in [-0.1, -0.05) is 6.92 Å². The molecule has 3 rings (SSSR count). The lowest BCUT2D eigenvalue weighted by atomic mass is 9.91. The van der Waals surface area contributed by atoms with Crippen LogP contribution < -0.4 is 5.32 Å². The molecule has 1 N–H and O–H groups in total. The van der Waals surface area contributed by atoms with E-state index in [9.17, 15) is 22.0 Å². The number of aromatic nitrogens is 2. The molecule has 0 bridgehead atoms. The molecule has 1 aromatic heterocycles. The molecule has 0 saturated carbocycles. The van der Waals surface area contributed by atoms with Crippen LogP contribution in [0.25, 0.3) is 0 Å². The van der Waals surface area contributed by atoms with Crippen molar-refractivity contribution in [1.82, 2.24) is 19.4 Å². The molecular weight excluding hydrogens is 482 g/mol. The highest BCUT2D eigenvalue weighted by Crippen LogP contribution is 2.32. The summed E-state index contributed by atoms with van der Waals surface area (Å²) in [4.78, 5) is 14.7. The quantitative estimate of drug-likeness (QED) is 0.577. The van der Waals surface area contributed by atoms with Gasteiger partial charge in [0, 0.05) is 36.5 Å². The minimum atomic E-state index is -3.47. The fourth-order valence-electron chi connectivity index (χ4n) is 4.28. The lowest BCUT2D eigenvalue weighted by Crippen LogP contribution is -2.55. The van der Waals surface area contributed by atoms with Crippen LogP contribution in [0.15, 0.2) is 29.5 Å². The van der Waals surface area contributed by atoms with Crippen molar-refractivity contribution in [3.8, 4) is 0 Å². The molecule has 1 amide bonds. The number of hydrogen-bond donors (Lipinski definition) is 1. The zero-order valence-corrected chi connectivity index (χ0v) is 21.8. The number of carbonyl (C=O) groups is 1. The van der Waals surface area contributed by atoms with Gasteiger partial charge in [-0.05, 0) is 46.6 Å². The molecule has 2 aliphatic rings.